The number of rotatable bonds is 4. The maximum Gasteiger partial charge on any atom is 0.152 e. The van der Waals surface area contributed by atoms with Crippen molar-refractivity contribution < 1.29 is 18.5 Å². The van der Waals surface area contributed by atoms with E-state index < -0.39 is 10.9 Å². The summed E-state index contributed by atoms with van der Waals surface area (Å²) in [5.74, 6) is 2.97. The lowest BCUT2D eigenvalue weighted by Gasteiger charge is -2.50. The molecule has 0 N–H and O–H groups in total. The van der Waals surface area contributed by atoms with Crippen LogP contribution in [0, 0.1) is 11.8 Å². The van der Waals surface area contributed by atoms with Crippen molar-refractivity contribution in [1.29, 1.82) is 0 Å². The van der Waals surface area contributed by atoms with Gasteiger partial charge in [0.05, 0.1) is 14.2 Å². The minimum atomic E-state index is -1.99. The van der Waals surface area contributed by atoms with Gasteiger partial charge >= 0.3 is 0 Å². The Morgan fingerprint density at radius 2 is 1.03 bits per heavy atom. The van der Waals surface area contributed by atoms with Crippen LogP contribution in [0.1, 0.15) is 25.7 Å². The second-order valence-corrected chi connectivity index (χ2v) is 22.8. The Balaban J connectivity index is 1.09. The van der Waals surface area contributed by atoms with Gasteiger partial charge in [0.15, 0.2) is 10.9 Å². The highest BCUT2D eigenvalue weighted by molar-refractivity contribution is 8.74. The summed E-state index contributed by atoms with van der Waals surface area (Å²) >= 11 is 15.8. The first-order chi connectivity index (χ1) is 15.3. The molecule has 2 spiro atoms. The second-order valence-electron chi connectivity index (χ2n) is 8.91. The van der Waals surface area contributed by atoms with Crippen molar-refractivity contribution in [2.45, 2.75) is 35.5 Å². The molecule has 2 aromatic carbocycles. The van der Waals surface area contributed by atoms with E-state index in [0.717, 1.165) is 47.8 Å². The summed E-state index contributed by atoms with van der Waals surface area (Å²) in [6.07, 6.45) is 4.31. The quantitative estimate of drug-likeness (QED) is 0.435. The van der Waals surface area contributed by atoms with Crippen molar-refractivity contribution in [2.24, 2.45) is 11.8 Å². The van der Waals surface area contributed by atoms with E-state index in [0.29, 0.717) is 11.8 Å². The van der Waals surface area contributed by atoms with Crippen molar-refractivity contribution in [3.8, 4) is 11.5 Å². The summed E-state index contributed by atoms with van der Waals surface area (Å²) in [7, 11) is 3.36. The molecule has 4 aliphatic rings. The van der Waals surface area contributed by atoms with Crippen LogP contribution in [0.25, 0.3) is 0 Å². The first-order valence-corrected chi connectivity index (χ1v) is 18.9. The van der Waals surface area contributed by atoms with E-state index >= 15 is 0 Å². The van der Waals surface area contributed by atoms with E-state index in [9.17, 15) is 0 Å². The van der Waals surface area contributed by atoms with Gasteiger partial charge in [-0.2, -0.15) is 0 Å². The Hall–Kier alpha value is -0.0400. The third-order valence-electron chi connectivity index (χ3n) is 6.88. The van der Waals surface area contributed by atoms with Crippen LogP contribution in [0.3, 0.4) is 0 Å². The molecule has 170 valence electrons. The van der Waals surface area contributed by atoms with Crippen molar-refractivity contribution in [3.05, 3.63) is 48.5 Å². The fourth-order valence-corrected chi connectivity index (χ4v) is 20.7. The van der Waals surface area contributed by atoms with Gasteiger partial charge in [0.25, 0.3) is 0 Å². The first-order valence-electron chi connectivity index (χ1n) is 10.6. The molecular formula is C22H24O4P2S4. The second kappa shape index (κ2) is 7.73. The molecular weight excluding hydrogens is 518 g/mol. The Bertz CT molecular complexity index is 1030. The van der Waals surface area contributed by atoms with Gasteiger partial charge in [-0.05, 0) is 86.1 Å². The molecule has 2 saturated carbocycles. The number of ether oxygens (including phenoxy) is 2. The van der Waals surface area contributed by atoms with E-state index in [4.69, 9.17) is 42.1 Å². The van der Waals surface area contributed by atoms with Crippen molar-refractivity contribution >= 4 is 67.9 Å². The van der Waals surface area contributed by atoms with Crippen molar-refractivity contribution in [1.82, 2.24) is 0 Å². The molecule has 6 rings (SSSR count). The van der Waals surface area contributed by atoms with E-state index in [1.807, 2.05) is 47.0 Å². The highest BCUT2D eigenvalue weighted by atomic mass is 32.9. The molecule has 2 atom stereocenters. The topological polar surface area (TPSA) is 36.9 Å². The van der Waals surface area contributed by atoms with Crippen molar-refractivity contribution in [3.63, 3.8) is 0 Å². The molecule has 2 heterocycles. The number of benzene rings is 2. The number of hydrogen-bond acceptors (Lipinski definition) is 8. The number of hydrogen-bond donors (Lipinski definition) is 0. The lowest BCUT2D eigenvalue weighted by atomic mass is 10.0. The summed E-state index contributed by atoms with van der Waals surface area (Å²) in [4.78, 5) is -0.173. The highest BCUT2D eigenvalue weighted by Crippen LogP contribution is 2.85. The van der Waals surface area contributed by atoms with Crippen LogP contribution < -0.4 is 20.1 Å². The van der Waals surface area contributed by atoms with Gasteiger partial charge in [0.2, 0.25) is 0 Å². The van der Waals surface area contributed by atoms with Gasteiger partial charge in [0, 0.05) is 10.6 Å². The molecule has 0 bridgehead atoms. The average molecular weight is 543 g/mol. The van der Waals surface area contributed by atoms with Gasteiger partial charge in [-0.15, -0.1) is 0 Å². The third kappa shape index (κ3) is 3.56. The summed E-state index contributed by atoms with van der Waals surface area (Å²) in [6, 6.07) is 16.2. The van der Waals surface area contributed by atoms with E-state index in [1.165, 1.54) is 0 Å². The first kappa shape index (κ1) is 22.4. The standard InChI is InChI=1S/C22H24O4P2S4/c1-23-17-3-7-19(8-4-17)27(29)25-21(31-27)11-15-13-22(14-16(15)12-21)26-28(30,32-22)20-9-5-18(24-2)6-10-20/h3-10,15-16H,11-14H2,1-2H3. The van der Waals surface area contributed by atoms with Crippen LogP contribution >= 0.6 is 33.7 Å². The Kier molecular flexibility index (Phi) is 5.42. The minimum absolute atomic E-state index is 0.0863. The lowest BCUT2D eigenvalue weighted by Crippen LogP contribution is -2.39. The van der Waals surface area contributed by atoms with Crippen LogP contribution in [0.4, 0.5) is 0 Å². The predicted octanol–water partition coefficient (Wildman–Crippen LogP) is 6.01. The molecule has 10 heteroatoms. The van der Waals surface area contributed by atoms with Crippen LogP contribution in [-0.2, 0) is 32.7 Å². The third-order valence-corrected chi connectivity index (χ3v) is 20.4. The van der Waals surface area contributed by atoms with Crippen LogP contribution in [0.5, 0.6) is 11.5 Å². The number of methoxy groups -OCH3 is 2. The molecule has 0 amide bonds. The summed E-state index contributed by atoms with van der Waals surface area (Å²) in [5, 5.41) is 2.27. The fourth-order valence-electron chi connectivity index (χ4n) is 5.50. The van der Waals surface area contributed by atoms with Crippen LogP contribution in [0.2, 0.25) is 0 Å². The fraction of sp³-hybridized carbons (Fsp3) is 0.455. The summed E-state index contributed by atoms with van der Waals surface area (Å²) < 4.78 is 23.7. The van der Waals surface area contributed by atoms with Crippen LogP contribution in [0.15, 0.2) is 48.5 Å². The van der Waals surface area contributed by atoms with E-state index in [2.05, 4.69) is 24.3 Å². The largest absolute Gasteiger partial charge is 0.497 e. The molecule has 2 aromatic rings. The van der Waals surface area contributed by atoms with Gasteiger partial charge in [0.1, 0.15) is 21.4 Å². The predicted molar refractivity (Wildman–Crippen MR) is 142 cm³/mol. The van der Waals surface area contributed by atoms with E-state index in [1.54, 1.807) is 14.2 Å². The maximum absolute atomic E-state index is 6.60. The molecule has 32 heavy (non-hydrogen) atoms. The van der Waals surface area contributed by atoms with Crippen LogP contribution in [-0.4, -0.2) is 24.1 Å². The Morgan fingerprint density at radius 3 is 1.31 bits per heavy atom. The monoisotopic (exact) mass is 542 g/mol. The smallest absolute Gasteiger partial charge is 0.152 e. The summed E-state index contributed by atoms with van der Waals surface area (Å²) in [5.41, 5.74) is -3.97. The van der Waals surface area contributed by atoms with E-state index in [-0.39, 0.29) is 9.87 Å². The van der Waals surface area contributed by atoms with Crippen molar-refractivity contribution in [2.75, 3.05) is 14.2 Å². The molecule has 2 unspecified atom stereocenters. The van der Waals surface area contributed by atoms with Gasteiger partial charge in [-0.1, -0.05) is 46.4 Å². The average Bonchev–Trinajstić information content (AvgIpc) is 3.25. The van der Waals surface area contributed by atoms with Gasteiger partial charge < -0.3 is 18.5 Å². The minimum Gasteiger partial charge on any atom is -0.497 e. The molecule has 4 fully saturated rings. The maximum atomic E-state index is 6.60. The van der Waals surface area contributed by atoms with Gasteiger partial charge in [-0.3, -0.25) is 0 Å². The SMILES string of the molecule is COc1ccc(P2(=S)OC3(CC4CC5(CC4C3)OP(=S)(c3ccc(OC)cc3)S5)S2)cc1. The zero-order valence-electron chi connectivity index (χ0n) is 17.8. The zero-order chi connectivity index (χ0) is 22.2. The normalized spacial score (nSPS) is 41.8. The zero-order valence-corrected chi connectivity index (χ0v) is 22.8. The molecule has 0 radical (unpaired) electrons. The lowest BCUT2D eigenvalue weighted by molar-refractivity contribution is 0.138. The molecule has 0 aromatic heterocycles. The highest BCUT2D eigenvalue weighted by Gasteiger charge is 2.66. The summed E-state index contributed by atoms with van der Waals surface area (Å²) in [6.45, 7) is 0. The molecule has 2 aliphatic carbocycles. The van der Waals surface area contributed by atoms with Gasteiger partial charge in [-0.25, -0.2) is 0 Å². The Morgan fingerprint density at radius 1 is 0.719 bits per heavy atom. The number of fused-ring (bicyclic) bond motifs is 1. The molecule has 2 saturated heterocycles. The Labute approximate surface area is 207 Å². The molecule has 2 aliphatic heterocycles. The molecule has 4 nitrogen and oxygen atoms in total.